The van der Waals surface area contributed by atoms with Crippen molar-refractivity contribution in [3.63, 3.8) is 0 Å². The maximum absolute atomic E-state index is 9.59. The Bertz CT molecular complexity index is 327. The van der Waals surface area contributed by atoms with Crippen LogP contribution in [-0.4, -0.2) is 9.67 Å². The Morgan fingerprint density at radius 2 is 2.17 bits per heavy atom. The molecular formula is C8H11N3O. The van der Waals surface area contributed by atoms with Gasteiger partial charge in [-0.1, -0.05) is 0 Å². The van der Waals surface area contributed by atoms with Crippen LogP contribution in [0.15, 0.2) is 12.1 Å². The lowest BCUT2D eigenvalue weighted by atomic mass is 10.1. The van der Waals surface area contributed by atoms with E-state index in [1.807, 2.05) is 6.19 Å². The predicted octanol–water partition coefficient (Wildman–Crippen LogP) is 0.627. The summed E-state index contributed by atoms with van der Waals surface area (Å²) in [6.45, 7) is 3.21. The molecule has 0 bridgehead atoms. The number of nitrogens with zero attached hydrogens (tertiary/aromatic N) is 2. The summed E-state index contributed by atoms with van der Waals surface area (Å²) in [5, 5.41) is 18.3. The van der Waals surface area contributed by atoms with Crippen molar-refractivity contribution in [1.29, 1.82) is 5.26 Å². The van der Waals surface area contributed by atoms with Gasteiger partial charge in [0, 0.05) is 0 Å². The molecule has 64 valence electrons. The fourth-order valence-corrected chi connectivity index (χ4v) is 1.04. The Labute approximate surface area is 70.8 Å². The van der Waals surface area contributed by atoms with Crippen LogP contribution in [0.2, 0.25) is 0 Å². The van der Waals surface area contributed by atoms with Crippen molar-refractivity contribution < 1.29 is 5.11 Å². The Morgan fingerprint density at radius 3 is 2.50 bits per heavy atom. The number of rotatable bonds is 1. The molecule has 0 fully saturated rings. The van der Waals surface area contributed by atoms with E-state index in [-0.39, 0.29) is 0 Å². The minimum absolute atomic E-state index is 0.342. The maximum Gasteiger partial charge on any atom is 0.190 e. The summed E-state index contributed by atoms with van der Waals surface area (Å²) in [7, 11) is 0. The van der Waals surface area contributed by atoms with Crippen LogP contribution in [0, 0.1) is 11.5 Å². The average molecular weight is 165 g/mol. The van der Waals surface area contributed by atoms with E-state index >= 15 is 0 Å². The second kappa shape index (κ2) is 2.54. The first kappa shape index (κ1) is 8.62. The topological polar surface area (TPSA) is 75.0 Å². The number of anilines is 1. The molecule has 0 atom stereocenters. The van der Waals surface area contributed by atoms with Crippen molar-refractivity contribution >= 4 is 5.82 Å². The lowest BCUT2D eigenvalue weighted by Crippen LogP contribution is -2.19. The molecule has 1 aromatic rings. The summed E-state index contributed by atoms with van der Waals surface area (Å²) in [6, 6.07) is 3.23. The van der Waals surface area contributed by atoms with Crippen LogP contribution in [-0.2, 0) is 5.60 Å². The number of hydrogen-bond acceptors (Lipinski definition) is 3. The van der Waals surface area contributed by atoms with Crippen LogP contribution in [0.4, 0.5) is 5.82 Å². The summed E-state index contributed by atoms with van der Waals surface area (Å²) in [6.07, 6.45) is 1.88. The van der Waals surface area contributed by atoms with Gasteiger partial charge in [0.1, 0.15) is 11.4 Å². The van der Waals surface area contributed by atoms with E-state index < -0.39 is 5.60 Å². The number of hydrogen-bond donors (Lipinski definition) is 2. The van der Waals surface area contributed by atoms with Gasteiger partial charge in [-0.3, -0.25) is 0 Å². The SMILES string of the molecule is CC(C)(O)c1ccc(N)n1C#N. The van der Waals surface area contributed by atoms with Crippen molar-refractivity contribution in [2.75, 3.05) is 5.73 Å². The Kier molecular flexibility index (Phi) is 1.82. The fourth-order valence-electron chi connectivity index (χ4n) is 1.04. The van der Waals surface area contributed by atoms with Gasteiger partial charge in [0.05, 0.1) is 5.69 Å². The van der Waals surface area contributed by atoms with Crippen molar-refractivity contribution in [3.8, 4) is 6.19 Å². The van der Waals surface area contributed by atoms with Crippen molar-refractivity contribution in [1.82, 2.24) is 4.57 Å². The third-order valence-corrected chi connectivity index (χ3v) is 1.64. The van der Waals surface area contributed by atoms with Crippen LogP contribution in [0.5, 0.6) is 0 Å². The van der Waals surface area contributed by atoms with Gasteiger partial charge >= 0.3 is 0 Å². The summed E-state index contributed by atoms with van der Waals surface area (Å²) < 4.78 is 1.21. The first-order chi connectivity index (χ1) is 5.46. The highest BCUT2D eigenvalue weighted by Crippen LogP contribution is 2.22. The minimum atomic E-state index is -1.03. The lowest BCUT2D eigenvalue weighted by Gasteiger charge is -2.16. The number of nitriles is 1. The highest BCUT2D eigenvalue weighted by atomic mass is 16.3. The molecule has 4 nitrogen and oxygen atoms in total. The molecule has 0 spiro atoms. The molecule has 0 amide bonds. The molecule has 0 aliphatic carbocycles. The molecule has 0 aliphatic rings. The second-order valence-electron chi connectivity index (χ2n) is 3.14. The molecule has 3 N–H and O–H groups in total. The third-order valence-electron chi connectivity index (χ3n) is 1.64. The normalized spacial score (nSPS) is 11.2. The van der Waals surface area contributed by atoms with E-state index in [4.69, 9.17) is 11.0 Å². The molecule has 0 aliphatic heterocycles. The molecule has 0 unspecified atom stereocenters. The summed E-state index contributed by atoms with van der Waals surface area (Å²) in [4.78, 5) is 0. The first-order valence-electron chi connectivity index (χ1n) is 3.57. The highest BCUT2D eigenvalue weighted by molar-refractivity contribution is 5.39. The Morgan fingerprint density at radius 1 is 1.58 bits per heavy atom. The minimum Gasteiger partial charge on any atom is -0.384 e. The number of aliphatic hydroxyl groups is 1. The predicted molar refractivity (Wildman–Crippen MR) is 45.1 cm³/mol. The van der Waals surface area contributed by atoms with Crippen molar-refractivity contribution in [2.45, 2.75) is 19.4 Å². The Hall–Kier alpha value is -1.47. The summed E-state index contributed by atoms with van der Waals surface area (Å²) >= 11 is 0. The molecule has 1 heterocycles. The van der Waals surface area contributed by atoms with Crippen LogP contribution in [0.25, 0.3) is 0 Å². The standard InChI is InChI=1S/C8H11N3O/c1-8(2,12)6-3-4-7(10)11(6)5-9/h3-4,12H,10H2,1-2H3. The van der Waals surface area contributed by atoms with Crippen LogP contribution in [0.1, 0.15) is 19.5 Å². The smallest absolute Gasteiger partial charge is 0.190 e. The zero-order chi connectivity index (χ0) is 9.35. The number of nitrogen functional groups attached to an aromatic ring is 1. The number of nitrogens with two attached hydrogens (primary N) is 1. The van der Waals surface area contributed by atoms with E-state index in [2.05, 4.69) is 0 Å². The zero-order valence-electron chi connectivity index (χ0n) is 7.07. The number of aromatic nitrogens is 1. The summed E-state index contributed by atoms with van der Waals surface area (Å²) in [5.41, 5.74) is 4.95. The van der Waals surface area contributed by atoms with E-state index in [9.17, 15) is 5.11 Å². The molecule has 0 radical (unpaired) electrons. The van der Waals surface area contributed by atoms with E-state index in [0.717, 1.165) is 0 Å². The first-order valence-corrected chi connectivity index (χ1v) is 3.57. The van der Waals surface area contributed by atoms with Crippen LogP contribution in [0.3, 0.4) is 0 Å². The van der Waals surface area contributed by atoms with Gasteiger partial charge in [0.2, 0.25) is 0 Å². The zero-order valence-corrected chi connectivity index (χ0v) is 7.07. The van der Waals surface area contributed by atoms with Crippen molar-refractivity contribution in [2.24, 2.45) is 0 Å². The van der Waals surface area contributed by atoms with E-state index in [0.29, 0.717) is 11.5 Å². The van der Waals surface area contributed by atoms with Crippen LogP contribution >= 0.6 is 0 Å². The van der Waals surface area contributed by atoms with E-state index in [1.165, 1.54) is 4.57 Å². The molecule has 0 saturated heterocycles. The molecule has 0 aromatic carbocycles. The lowest BCUT2D eigenvalue weighted by molar-refractivity contribution is 0.0724. The molecular weight excluding hydrogens is 154 g/mol. The molecule has 12 heavy (non-hydrogen) atoms. The molecule has 1 rings (SSSR count). The molecule has 1 aromatic heterocycles. The van der Waals surface area contributed by atoms with Crippen LogP contribution < -0.4 is 5.73 Å². The molecule has 0 saturated carbocycles. The monoisotopic (exact) mass is 165 g/mol. The van der Waals surface area contributed by atoms with Gasteiger partial charge < -0.3 is 10.8 Å². The van der Waals surface area contributed by atoms with Gasteiger partial charge in [0.25, 0.3) is 0 Å². The maximum atomic E-state index is 9.59. The quantitative estimate of drug-likeness (QED) is 0.640. The fraction of sp³-hybridized carbons (Fsp3) is 0.375. The van der Waals surface area contributed by atoms with Gasteiger partial charge in [-0.25, -0.2) is 4.57 Å². The highest BCUT2D eigenvalue weighted by Gasteiger charge is 2.21. The third kappa shape index (κ3) is 1.27. The van der Waals surface area contributed by atoms with Gasteiger partial charge in [-0.2, -0.15) is 5.26 Å². The average Bonchev–Trinajstić information content (AvgIpc) is 2.29. The van der Waals surface area contributed by atoms with Crippen molar-refractivity contribution in [3.05, 3.63) is 17.8 Å². The largest absolute Gasteiger partial charge is 0.384 e. The molecule has 4 heteroatoms. The van der Waals surface area contributed by atoms with Gasteiger partial charge in [-0.15, -0.1) is 0 Å². The Balaban J connectivity index is 3.28. The van der Waals surface area contributed by atoms with Gasteiger partial charge in [-0.05, 0) is 26.0 Å². The van der Waals surface area contributed by atoms with E-state index in [1.54, 1.807) is 26.0 Å². The van der Waals surface area contributed by atoms with Gasteiger partial charge in [0.15, 0.2) is 6.19 Å². The summed E-state index contributed by atoms with van der Waals surface area (Å²) in [5.74, 6) is 0.342. The second-order valence-corrected chi connectivity index (χ2v) is 3.14.